The summed E-state index contributed by atoms with van der Waals surface area (Å²) in [6.07, 6.45) is 5.69. The molecule has 2 heterocycles. The van der Waals surface area contributed by atoms with E-state index in [9.17, 15) is 4.79 Å². The van der Waals surface area contributed by atoms with E-state index in [1.807, 2.05) is 36.2 Å². The van der Waals surface area contributed by atoms with E-state index in [-0.39, 0.29) is 5.91 Å². The molecule has 6 heteroatoms. The number of carbonyl (C=O) groups is 1. The highest BCUT2D eigenvalue weighted by Crippen LogP contribution is 2.38. The van der Waals surface area contributed by atoms with Crippen LogP contribution in [0.1, 0.15) is 54.2 Å². The van der Waals surface area contributed by atoms with Gasteiger partial charge in [-0.3, -0.25) is 4.79 Å². The summed E-state index contributed by atoms with van der Waals surface area (Å²) in [5.41, 5.74) is 1.59. The summed E-state index contributed by atoms with van der Waals surface area (Å²) in [6, 6.07) is 7.53. The Balaban J connectivity index is 1.36. The summed E-state index contributed by atoms with van der Waals surface area (Å²) in [7, 11) is 1.99. The lowest BCUT2D eigenvalue weighted by Gasteiger charge is -2.32. The molecule has 1 aromatic carbocycles. The smallest absolute Gasteiger partial charge is 0.257 e. The molecule has 0 bridgehead atoms. The molecule has 26 heavy (non-hydrogen) atoms. The van der Waals surface area contributed by atoms with Crippen molar-refractivity contribution in [2.24, 2.45) is 5.92 Å². The maximum atomic E-state index is 12.7. The van der Waals surface area contributed by atoms with Crippen molar-refractivity contribution in [2.75, 3.05) is 26.7 Å². The summed E-state index contributed by atoms with van der Waals surface area (Å²) >= 11 is 0. The van der Waals surface area contributed by atoms with Crippen LogP contribution in [0.5, 0.6) is 0 Å². The van der Waals surface area contributed by atoms with Gasteiger partial charge < -0.3 is 14.7 Å². The minimum atomic E-state index is 0.118. The summed E-state index contributed by atoms with van der Waals surface area (Å²) in [5.74, 6) is 2.67. The normalized spacial score (nSPS) is 18.3. The lowest BCUT2D eigenvalue weighted by atomic mass is 9.93. The molecule has 0 unspecified atom stereocenters. The molecule has 0 atom stereocenters. The van der Waals surface area contributed by atoms with Crippen molar-refractivity contribution in [3.8, 4) is 11.5 Å². The van der Waals surface area contributed by atoms with Crippen LogP contribution in [0.3, 0.4) is 0 Å². The van der Waals surface area contributed by atoms with Gasteiger partial charge in [0, 0.05) is 30.1 Å². The van der Waals surface area contributed by atoms with Crippen LogP contribution < -0.4 is 5.32 Å². The fourth-order valence-electron chi connectivity index (χ4n) is 3.57. The number of hydrogen-bond acceptors (Lipinski definition) is 5. The van der Waals surface area contributed by atoms with E-state index in [1.165, 1.54) is 6.42 Å². The van der Waals surface area contributed by atoms with E-state index in [4.69, 9.17) is 4.52 Å². The molecule has 4 rings (SSSR count). The number of hydrogen-bond donors (Lipinski definition) is 1. The third-order valence-corrected chi connectivity index (χ3v) is 5.47. The fraction of sp³-hybridized carbons (Fsp3) is 0.550. The van der Waals surface area contributed by atoms with Crippen molar-refractivity contribution < 1.29 is 9.32 Å². The first-order valence-electron chi connectivity index (χ1n) is 9.62. The Labute approximate surface area is 154 Å². The maximum absolute atomic E-state index is 12.7. The number of likely N-dealkylation sites (tertiary alicyclic amines) is 1. The fourth-order valence-corrected chi connectivity index (χ4v) is 3.57. The third kappa shape index (κ3) is 3.80. The number of piperidine rings is 1. The number of rotatable bonds is 6. The molecule has 2 fully saturated rings. The minimum absolute atomic E-state index is 0.118. The van der Waals surface area contributed by atoms with Crippen LogP contribution in [-0.4, -0.2) is 47.6 Å². The van der Waals surface area contributed by atoms with Gasteiger partial charge in [0.2, 0.25) is 0 Å². The van der Waals surface area contributed by atoms with Gasteiger partial charge in [-0.25, -0.2) is 0 Å². The highest BCUT2D eigenvalue weighted by molar-refractivity contribution is 5.94. The molecule has 1 aromatic heterocycles. The number of carbonyl (C=O) groups excluding carboxylic acids is 1. The Bertz CT molecular complexity index is 743. The largest absolute Gasteiger partial charge is 0.339 e. The molecule has 1 amide bonds. The van der Waals surface area contributed by atoms with Crippen molar-refractivity contribution in [1.29, 1.82) is 0 Å². The van der Waals surface area contributed by atoms with E-state index in [1.54, 1.807) is 0 Å². The van der Waals surface area contributed by atoms with Gasteiger partial charge in [-0.1, -0.05) is 5.16 Å². The molecule has 1 N–H and O–H groups in total. The van der Waals surface area contributed by atoms with Crippen LogP contribution in [0.2, 0.25) is 0 Å². The number of benzene rings is 1. The van der Waals surface area contributed by atoms with Gasteiger partial charge in [0.15, 0.2) is 5.82 Å². The average Bonchev–Trinajstić information content (AvgIpc) is 3.43. The second kappa shape index (κ2) is 7.58. The maximum Gasteiger partial charge on any atom is 0.257 e. The highest BCUT2D eigenvalue weighted by Gasteiger charge is 2.29. The molecular weight excluding hydrogens is 328 g/mol. The number of nitrogens with zero attached hydrogens (tertiary/aromatic N) is 3. The monoisotopic (exact) mass is 354 g/mol. The van der Waals surface area contributed by atoms with Crippen LogP contribution in [0, 0.1) is 5.92 Å². The van der Waals surface area contributed by atoms with Gasteiger partial charge in [-0.2, -0.15) is 4.98 Å². The van der Waals surface area contributed by atoms with Crippen LogP contribution >= 0.6 is 0 Å². The average molecular weight is 354 g/mol. The van der Waals surface area contributed by atoms with Crippen molar-refractivity contribution in [3.63, 3.8) is 0 Å². The van der Waals surface area contributed by atoms with Crippen molar-refractivity contribution in [3.05, 3.63) is 35.7 Å². The SMILES string of the molecule is CNCCC1CCN(C(=O)c2ccc(-c3nc(C4CC4)no3)cc2)CC1. The molecule has 1 saturated carbocycles. The van der Waals surface area contributed by atoms with E-state index in [0.29, 0.717) is 11.8 Å². The Morgan fingerprint density at radius 2 is 1.92 bits per heavy atom. The first-order chi connectivity index (χ1) is 12.7. The van der Waals surface area contributed by atoms with Gasteiger partial charge in [-0.05, 0) is 75.9 Å². The molecular formula is C20H26N4O2. The Morgan fingerprint density at radius 1 is 1.19 bits per heavy atom. The second-order valence-corrected chi connectivity index (χ2v) is 7.44. The lowest BCUT2D eigenvalue weighted by molar-refractivity contribution is 0.0687. The number of amides is 1. The topological polar surface area (TPSA) is 71.3 Å². The van der Waals surface area contributed by atoms with E-state index in [2.05, 4.69) is 15.5 Å². The molecule has 1 aliphatic heterocycles. The van der Waals surface area contributed by atoms with Crippen LogP contribution in [0.15, 0.2) is 28.8 Å². The van der Waals surface area contributed by atoms with Gasteiger partial charge in [0.1, 0.15) is 0 Å². The summed E-state index contributed by atoms with van der Waals surface area (Å²) in [5, 5.41) is 7.25. The van der Waals surface area contributed by atoms with E-state index in [0.717, 1.165) is 68.2 Å². The van der Waals surface area contributed by atoms with Crippen molar-refractivity contribution in [1.82, 2.24) is 20.4 Å². The summed E-state index contributed by atoms with van der Waals surface area (Å²) in [6.45, 7) is 2.75. The Hall–Kier alpha value is -2.21. The van der Waals surface area contributed by atoms with Gasteiger partial charge in [-0.15, -0.1) is 0 Å². The van der Waals surface area contributed by atoms with Gasteiger partial charge in [0.25, 0.3) is 11.8 Å². The van der Waals surface area contributed by atoms with Crippen molar-refractivity contribution in [2.45, 2.75) is 38.0 Å². The first kappa shape index (κ1) is 17.2. The molecule has 0 radical (unpaired) electrons. The van der Waals surface area contributed by atoms with Crippen molar-refractivity contribution >= 4 is 5.91 Å². The summed E-state index contributed by atoms with van der Waals surface area (Å²) < 4.78 is 5.35. The molecule has 2 aromatic rings. The predicted molar refractivity (Wildman–Crippen MR) is 98.9 cm³/mol. The zero-order valence-electron chi connectivity index (χ0n) is 15.3. The van der Waals surface area contributed by atoms with Crippen LogP contribution in [0.25, 0.3) is 11.5 Å². The zero-order chi connectivity index (χ0) is 17.9. The first-order valence-corrected chi connectivity index (χ1v) is 9.62. The number of nitrogens with one attached hydrogen (secondary N) is 1. The Morgan fingerprint density at radius 3 is 2.58 bits per heavy atom. The molecule has 0 spiro atoms. The van der Waals surface area contributed by atoms with Crippen LogP contribution in [-0.2, 0) is 0 Å². The highest BCUT2D eigenvalue weighted by atomic mass is 16.5. The molecule has 2 aliphatic rings. The molecule has 1 saturated heterocycles. The zero-order valence-corrected chi connectivity index (χ0v) is 15.3. The second-order valence-electron chi connectivity index (χ2n) is 7.44. The Kier molecular flexibility index (Phi) is 5.02. The van der Waals surface area contributed by atoms with E-state index >= 15 is 0 Å². The quantitative estimate of drug-likeness (QED) is 0.863. The predicted octanol–water partition coefficient (Wildman–Crippen LogP) is 3.08. The lowest BCUT2D eigenvalue weighted by Crippen LogP contribution is -2.38. The minimum Gasteiger partial charge on any atom is -0.339 e. The van der Waals surface area contributed by atoms with E-state index < -0.39 is 0 Å². The molecule has 6 nitrogen and oxygen atoms in total. The third-order valence-electron chi connectivity index (χ3n) is 5.47. The summed E-state index contributed by atoms with van der Waals surface area (Å²) in [4.78, 5) is 19.2. The van der Waals surface area contributed by atoms with Crippen LogP contribution in [0.4, 0.5) is 0 Å². The number of aromatic nitrogens is 2. The standard InChI is InChI=1S/C20H26N4O2/c1-21-11-8-14-9-12-24(13-10-14)20(25)17-6-4-16(5-7-17)19-22-18(23-26-19)15-2-3-15/h4-7,14-15,21H,2-3,8-13H2,1H3. The van der Waals surface area contributed by atoms with Gasteiger partial charge >= 0.3 is 0 Å². The van der Waals surface area contributed by atoms with Gasteiger partial charge in [0.05, 0.1) is 0 Å². The molecule has 1 aliphatic carbocycles. The molecule has 138 valence electrons.